The number of benzene rings is 3. The Hall–Kier alpha value is -4.11. The first kappa shape index (κ1) is 17.3. The fourth-order valence-electron chi connectivity index (χ4n) is 2.82. The number of rotatable bonds is 5. The molecule has 1 aromatic heterocycles. The molecule has 0 aliphatic carbocycles. The molecule has 0 fully saturated rings. The second-order valence-electron chi connectivity index (χ2n) is 6.08. The molecule has 6 nitrogen and oxygen atoms in total. The van der Waals surface area contributed by atoms with Gasteiger partial charge in [-0.3, -0.25) is 0 Å². The lowest BCUT2D eigenvalue weighted by Gasteiger charge is -2.12. The third-order valence-corrected chi connectivity index (χ3v) is 4.21. The highest BCUT2D eigenvalue weighted by Gasteiger charge is 2.09. The summed E-state index contributed by atoms with van der Waals surface area (Å²) in [7, 11) is 1.64. The molecule has 0 spiro atoms. The Labute approximate surface area is 162 Å². The van der Waals surface area contributed by atoms with Crippen LogP contribution in [0.5, 0.6) is 5.75 Å². The van der Waals surface area contributed by atoms with Gasteiger partial charge in [-0.2, -0.15) is 10.2 Å². The molecule has 3 aromatic carbocycles. The number of anilines is 4. The van der Waals surface area contributed by atoms with Crippen molar-refractivity contribution in [3.8, 4) is 11.8 Å². The number of nitriles is 1. The highest BCUT2D eigenvalue weighted by Crippen LogP contribution is 2.27. The molecule has 0 saturated carbocycles. The van der Waals surface area contributed by atoms with Gasteiger partial charge in [0, 0.05) is 22.8 Å². The van der Waals surface area contributed by atoms with Gasteiger partial charge in [-0.25, -0.2) is 4.98 Å². The predicted molar refractivity (Wildman–Crippen MR) is 110 cm³/mol. The molecule has 0 saturated heterocycles. The number of aromatic nitrogens is 2. The summed E-state index contributed by atoms with van der Waals surface area (Å²) < 4.78 is 5.29. The smallest absolute Gasteiger partial charge is 0.229 e. The van der Waals surface area contributed by atoms with Crippen molar-refractivity contribution < 1.29 is 4.74 Å². The normalized spacial score (nSPS) is 10.3. The Bertz CT molecular complexity index is 1170. The average molecular weight is 367 g/mol. The summed E-state index contributed by atoms with van der Waals surface area (Å²) in [6.07, 6.45) is 0. The van der Waals surface area contributed by atoms with Gasteiger partial charge in [0.25, 0.3) is 0 Å². The summed E-state index contributed by atoms with van der Waals surface area (Å²) in [4.78, 5) is 9.25. The number of nitrogens with one attached hydrogen (secondary N) is 2. The van der Waals surface area contributed by atoms with Gasteiger partial charge in [0.05, 0.1) is 24.3 Å². The van der Waals surface area contributed by atoms with E-state index < -0.39 is 0 Å². The largest absolute Gasteiger partial charge is 0.497 e. The summed E-state index contributed by atoms with van der Waals surface area (Å²) >= 11 is 0. The molecule has 0 atom stereocenters. The van der Waals surface area contributed by atoms with Crippen LogP contribution in [0.4, 0.5) is 23.1 Å². The van der Waals surface area contributed by atoms with E-state index in [0.29, 0.717) is 17.3 Å². The number of hydrogen-bond acceptors (Lipinski definition) is 6. The van der Waals surface area contributed by atoms with Crippen LogP contribution in [-0.2, 0) is 0 Å². The minimum absolute atomic E-state index is 0.466. The predicted octanol–water partition coefficient (Wildman–Crippen LogP) is 5.00. The summed E-state index contributed by atoms with van der Waals surface area (Å²) in [6.45, 7) is 0. The quantitative estimate of drug-likeness (QED) is 0.517. The van der Waals surface area contributed by atoms with Gasteiger partial charge in [-0.05, 0) is 48.5 Å². The van der Waals surface area contributed by atoms with Crippen molar-refractivity contribution in [3.63, 3.8) is 0 Å². The Morgan fingerprint density at radius 3 is 2.46 bits per heavy atom. The second-order valence-corrected chi connectivity index (χ2v) is 6.08. The standard InChI is InChI=1S/C22H17N5O/c1-28-18-6-4-5-17(13-18)24-21-19-7-2-3-8-20(19)26-22(27-21)25-16-11-9-15(14-23)10-12-16/h2-13H,1H3,(H2,24,25,26,27). The summed E-state index contributed by atoms with van der Waals surface area (Å²) in [5, 5.41) is 16.4. The molecule has 136 valence electrons. The molecule has 0 bridgehead atoms. The van der Waals surface area contributed by atoms with E-state index in [1.807, 2.05) is 60.7 Å². The first-order valence-corrected chi connectivity index (χ1v) is 8.70. The Kier molecular flexibility index (Phi) is 4.72. The van der Waals surface area contributed by atoms with Gasteiger partial charge >= 0.3 is 0 Å². The molecule has 2 N–H and O–H groups in total. The maximum atomic E-state index is 8.94. The van der Waals surface area contributed by atoms with Crippen molar-refractivity contribution in [2.24, 2.45) is 0 Å². The van der Waals surface area contributed by atoms with E-state index in [1.165, 1.54) is 0 Å². The molecular weight excluding hydrogens is 350 g/mol. The fourth-order valence-corrected chi connectivity index (χ4v) is 2.82. The van der Waals surface area contributed by atoms with Crippen molar-refractivity contribution in [2.75, 3.05) is 17.7 Å². The molecule has 4 aromatic rings. The van der Waals surface area contributed by atoms with Crippen LogP contribution in [0.15, 0.2) is 72.8 Å². The van der Waals surface area contributed by atoms with E-state index in [-0.39, 0.29) is 0 Å². The molecular formula is C22H17N5O. The van der Waals surface area contributed by atoms with Crippen molar-refractivity contribution >= 4 is 34.0 Å². The zero-order valence-corrected chi connectivity index (χ0v) is 15.2. The lowest BCUT2D eigenvalue weighted by molar-refractivity contribution is 0.415. The molecule has 1 heterocycles. The molecule has 0 aliphatic rings. The first-order valence-electron chi connectivity index (χ1n) is 8.70. The van der Waals surface area contributed by atoms with Crippen molar-refractivity contribution in [1.29, 1.82) is 5.26 Å². The van der Waals surface area contributed by atoms with Crippen LogP contribution in [0.1, 0.15) is 5.56 Å². The SMILES string of the molecule is COc1cccc(Nc2nc(Nc3ccc(C#N)cc3)nc3ccccc23)c1. The number of ether oxygens (including phenoxy) is 1. The van der Waals surface area contributed by atoms with Gasteiger partial charge in [0.1, 0.15) is 11.6 Å². The Morgan fingerprint density at radius 2 is 1.68 bits per heavy atom. The Morgan fingerprint density at radius 1 is 0.857 bits per heavy atom. The number of hydrogen-bond donors (Lipinski definition) is 2. The van der Waals surface area contributed by atoms with Crippen molar-refractivity contribution in [1.82, 2.24) is 9.97 Å². The summed E-state index contributed by atoms with van der Waals surface area (Å²) in [5.74, 6) is 1.92. The maximum Gasteiger partial charge on any atom is 0.229 e. The molecule has 4 rings (SSSR count). The van der Waals surface area contributed by atoms with Gasteiger partial charge in [0.2, 0.25) is 5.95 Å². The third-order valence-electron chi connectivity index (χ3n) is 4.21. The van der Waals surface area contributed by atoms with Gasteiger partial charge in [-0.1, -0.05) is 18.2 Å². The van der Waals surface area contributed by atoms with Crippen LogP contribution < -0.4 is 15.4 Å². The highest BCUT2D eigenvalue weighted by molar-refractivity contribution is 5.92. The van der Waals surface area contributed by atoms with Crippen LogP contribution >= 0.6 is 0 Å². The van der Waals surface area contributed by atoms with Gasteiger partial charge in [-0.15, -0.1) is 0 Å². The molecule has 0 amide bonds. The average Bonchev–Trinajstić information content (AvgIpc) is 2.74. The minimum Gasteiger partial charge on any atom is -0.497 e. The number of fused-ring (bicyclic) bond motifs is 1. The lowest BCUT2D eigenvalue weighted by atomic mass is 10.2. The van der Waals surface area contributed by atoms with E-state index in [0.717, 1.165) is 28.0 Å². The van der Waals surface area contributed by atoms with E-state index in [1.54, 1.807) is 19.2 Å². The number of nitrogens with zero attached hydrogens (tertiary/aromatic N) is 3. The maximum absolute atomic E-state index is 8.94. The third kappa shape index (κ3) is 3.69. The summed E-state index contributed by atoms with van der Waals surface area (Å²) in [6, 6.07) is 24.7. The summed E-state index contributed by atoms with van der Waals surface area (Å²) in [5.41, 5.74) is 3.10. The molecule has 0 aliphatic heterocycles. The van der Waals surface area contributed by atoms with Crippen molar-refractivity contribution in [3.05, 3.63) is 78.4 Å². The second kappa shape index (κ2) is 7.64. The molecule has 28 heavy (non-hydrogen) atoms. The van der Waals surface area contributed by atoms with E-state index >= 15 is 0 Å². The van der Waals surface area contributed by atoms with Crippen LogP contribution in [0.2, 0.25) is 0 Å². The molecule has 0 radical (unpaired) electrons. The first-order chi connectivity index (χ1) is 13.7. The van der Waals surface area contributed by atoms with E-state index in [4.69, 9.17) is 10.00 Å². The zero-order chi connectivity index (χ0) is 19.3. The Balaban J connectivity index is 1.71. The van der Waals surface area contributed by atoms with Crippen molar-refractivity contribution in [2.45, 2.75) is 0 Å². The van der Waals surface area contributed by atoms with Crippen LogP contribution in [0.25, 0.3) is 10.9 Å². The van der Waals surface area contributed by atoms with Gasteiger partial charge in [0.15, 0.2) is 0 Å². The lowest BCUT2D eigenvalue weighted by Crippen LogP contribution is -2.02. The van der Waals surface area contributed by atoms with E-state index in [9.17, 15) is 0 Å². The monoisotopic (exact) mass is 367 g/mol. The molecule has 6 heteroatoms. The van der Waals surface area contributed by atoms with Crippen LogP contribution in [0.3, 0.4) is 0 Å². The number of para-hydroxylation sites is 1. The van der Waals surface area contributed by atoms with Crippen LogP contribution in [-0.4, -0.2) is 17.1 Å². The highest BCUT2D eigenvalue weighted by atomic mass is 16.5. The topological polar surface area (TPSA) is 82.9 Å². The zero-order valence-electron chi connectivity index (χ0n) is 15.2. The van der Waals surface area contributed by atoms with Crippen LogP contribution in [0, 0.1) is 11.3 Å². The molecule has 0 unspecified atom stereocenters. The van der Waals surface area contributed by atoms with Gasteiger partial charge < -0.3 is 15.4 Å². The minimum atomic E-state index is 0.466. The number of methoxy groups -OCH3 is 1. The van der Waals surface area contributed by atoms with E-state index in [2.05, 4.69) is 26.7 Å². The fraction of sp³-hybridized carbons (Fsp3) is 0.0455.